The van der Waals surface area contributed by atoms with E-state index in [0.29, 0.717) is 55.8 Å². The van der Waals surface area contributed by atoms with Gasteiger partial charge in [0.15, 0.2) is 6.61 Å². The zero-order valence-corrected chi connectivity index (χ0v) is 21.4. The Morgan fingerprint density at radius 3 is 2.92 bits per heavy atom. The number of hydrogen-bond donors (Lipinski definition) is 2. The maximum Gasteiger partial charge on any atom is 0.336 e. The van der Waals surface area contributed by atoms with E-state index in [1.807, 2.05) is 17.9 Å². The molecular formula is C28H38N2O6. The van der Waals surface area contributed by atoms with Gasteiger partial charge in [-0.3, -0.25) is 9.59 Å². The van der Waals surface area contributed by atoms with Crippen LogP contribution in [0.3, 0.4) is 0 Å². The van der Waals surface area contributed by atoms with E-state index < -0.39 is 11.2 Å². The van der Waals surface area contributed by atoms with E-state index in [1.165, 1.54) is 6.07 Å². The first-order valence-electron chi connectivity index (χ1n) is 13.3. The second-order valence-electron chi connectivity index (χ2n) is 10.3. The number of carbonyl (C=O) groups is 2. The van der Waals surface area contributed by atoms with E-state index in [4.69, 9.17) is 9.15 Å². The largest absolute Gasteiger partial charge is 0.483 e. The van der Waals surface area contributed by atoms with Gasteiger partial charge in [-0.05, 0) is 56.7 Å². The summed E-state index contributed by atoms with van der Waals surface area (Å²) in [5.41, 5.74) is 1.15. The van der Waals surface area contributed by atoms with Crippen molar-refractivity contribution >= 4 is 22.8 Å². The van der Waals surface area contributed by atoms with Gasteiger partial charge in [0.1, 0.15) is 11.3 Å². The highest BCUT2D eigenvalue weighted by Gasteiger charge is 2.43. The molecule has 1 aliphatic carbocycles. The smallest absolute Gasteiger partial charge is 0.336 e. The zero-order chi connectivity index (χ0) is 25.7. The molecule has 196 valence electrons. The average Bonchev–Trinajstić information content (AvgIpc) is 2.86. The van der Waals surface area contributed by atoms with Crippen LogP contribution in [0, 0.1) is 12.8 Å². The predicted octanol–water partition coefficient (Wildman–Crippen LogP) is 3.48. The molecule has 8 nitrogen and oxygen atoms in total. The maximum absolute atomic E-state index is 12.6. The molecule has 2 amide bonds. The maximum atomic E-state index is 12.6. The van der Waals surface area contributed by atoms with Gasteiger partial charge in [-0.15, -0.1) is 0 Å². The normalized spacial score (nSPS) is 21.8. The minimum absolute atomic E-state index is 0.0869. The van der Waals surface area contributed by atoms with Gasteiger partial charge in [-0.1, -0.05) is 26.2 Å². The number of fused-ring (bicyclic) bond motifs is 2. The van der Waals surface area contributed by atoms with Crippen LogP contribution < -0.4 is 15.7 Å². The fourth-order valence-electron chi connectivity index (χ4n) is 5.66. The van der Waals surface area contributed by atoms with E-state index in [-0.39, 0.29) is 24.3 Å². The molecule has 2 fully saturated rings. The number of carbonyl (C=O) groups excluding carboxylic acids is 2. The second-order valence-corrected chi connectivity index (χ2v) is 10.3. The number of piperidine rings is 1. The monoisotopic (exact) mass is 498 g/mol. The molecule has 1 aromatic heterocycles. The van der Waals surface area contributed by atoms with E-state index in [0.717, 1.165) is 49.5 Å². The summed E-state index contributed by atoms with van der Waals surface area (Å²) in [5.74, 6) is 0.500. The van der Waals surface area contributed by atoms with Crippen LogP contribution in [0.1, 0.15) is 69.4 Å². The SMILES string of the molecule is CCCc1cc(=O)oc2c(C)c(OCC(=O)NCCCC(=O)N3CC[C@@]4(O)CCCC[C@@H]4C3)ccc12. The number of aliphatic hydroxyl groups is 1. The van der Waals surface area contributed by atoms with Gasteiger partial charge in [0.25, 0.3) is 5.91 Å². The van der Waals surface area contributed by atoms with Crippen LogP contribution in [0.4, 0.5) is 0 Å². The van der Waals surface area contributed by atoms with Crippen molar-refractivity contribution < 1.29 is 23.8 Å². The Labute approximate surface area is 212 Å². The molecular weight excluding hydrogens is 460 g/mol. The summed E-state index contributed by atoms with van der Waals surface area (Å²) in [6, 6.07) is 5.20. The lowest BCUT2D eigenvalue weighted by Gasteiger charge is -2.47. The van der Waals surface area contributed by atoms with E-state index in [2.05, 4.69) is 12.2 Å². The molecule has 0 bridgehead atoms. The molecule has 0 radical (unpaired) electrons. The summed E-state index contributed by atoms with van der Waals surface area (Å²) >= 11 is 0. The minimum atomic E-state index is -0.588. The van der Waals surface area contributed by atoms with Crippen molar-refractivity contribution in [1.82, 2.24) is 10.2 Å². The number of rotatable bonds is 9. The Bertz CT molecular complexity index is 1160. The van der Waals surface area contributed by atoms with Gasteiger partial charge in [-0.2, -0.15) is 0 Å². The molecule has 36 heavy (non-hydrogen) atoms. The first-order valence-corrected chi connectivity index (χ1v) is 13.3. The number of aryl methyl sites for hydroxylation is 2. The summed E-state index contributed by atoms with van der Waals surface area (Å²) in [6.45, 7) is 5.35. The Morgan fingerprint density at radius 1 is 1.28 bits per heavy atom. The lowest BCUT2D eigenvalue weighted by atomic mass is 9.71. The number of hydrogen-bond acceptors (Lipinski definition) is 6. The van der Waals surface area contributed by atoms with Gasteiger partial charge < -0.3 is 24.5 Å². The Hall–Kier alpha value is -2.87. The van der Waals surface area contributed by atoms with Crippen LogP contribution in [-0.2, 0) is 16.0 Å². The summed E-state index contributed by atoms with van der Waals surface area (Å²) < 4.78 is 11.1. The number of benzene rings is 1. The molecule has 0 unspecified atom stereocenters. The minimum Gasteiger partial charge on any atom is -0.483 e. The van der Waals surface area contributed by atoms with Crippen LogP contribution in [-0.4, -0.2) is 53.7 Å². The molecule has 0 spiro atoms. The highest BCUT2D eigenvalue weighted by atomic mass is 16.5. The second kappa shape index (κ2) is 11.5. The number of ether oxygens (including phenoxy) is 1. The van der Waals surface area contributed by atoms with Crippen molar-refractivity contribution in [2.24, 2.45) is 5.92 Å². The van der Waals surface area contributed by atoms with Crippen molar-refractivity contribution in [2.75, 3.05) is 26.2 Å². The third kappa shape index (κ3) is 5.91. The fourth-order valence-corrected chi connectivity index (χ4v) is 5.66. The van der Waals surface area contributed by atoms with Crippen molar-refractivity contribution in [3.05, 3.63) is 39.7 Å². The Balaban J connectivity index is 1.22. The molecule has 2 aliphatic rings. The highest BCUT2D eigenvalue weighted by molar-refractivity contribution is 5.85. The van der Waals surface area contributed by atoms with Crippen LogP contribution in [0.15, 0.2) is 27.4 Å². The van der Waals surface area contributed by atoms with Gasteiger partial charge in [-0.25, -0.2) is 4.79 Å². The molecule has 2 aromatic rings. The van der Waals surface area contributed by atoms with Gasteiger partial charge in [0, 0.05) is 49.0 Å². The molecule has 1 aliphatic heterocycles. The van der Waals surface area contributed by atoms with Crippen LogP contribution >= 0.6 is 0 Å². The van der Waals surface area contributed by atoms with Crippen molar-refractivity contribution in [2.45, 2.75) is 77.2 Å². The number of likely N-dealkylation sites (tertiary alicyclic amines) is 1. The molecule has 1 saturated carbocycles. The molecule has 2 heterocycles. The first kappa shape index (κ1) is 26.2. The van der Waals surface area contributed by atoms with Gasteiger partial charge in [0.05, 0.1) is 5.60 Å². The molecule has 8 heteroatoms. The lowest BCUT2D eigenvalue weighted by molar-refractivity contribution is -0.143. The van der Waals surface area contributed by atoms with Crippen molar-refractivity contribution in [3.63, 3.8) is 0 Å². The van der Waals surface area contributed by atoms with Gasteiger partial charge in [0.2, 0.25) is 5.91 Å². The number of nitrogens with one attached hydrogen (secondary N) is 1. The summed E-state index contributed by atoms with van der Waals surface area (Å²) in [4.78, 5) is 38.8. The standard InChI is InChI=1S/C28H38N2O6/c1-3-7-20-16-26(33)36-27-19(2)23(11-10-22(20)27)35-18-24(31)29-14-6-9-25(32)30-15-13-28(34)12-5-4-8-21(28)17-30/h10-11,16,21,34H,3-9,12-15,17-18H2,1-2H3,(H,29,31)/t21-,28+/m1/s1. The fraction of sp³-hybridized carbons (Fsp3) is 0.607. The number of nitrogens with zero attached hydrogens (tertiary/aromatic N) is 1. The van der Waals surface area contributed by atoms with Crippen molar-refractivity contribution in [1.29, 1.82) is 0 Å². The third-order valence-electron chi connectivity index (χ3n) is 7.74. The van der Waals surface area contributed by atoms with Gasteiger partial charge >= 0.3 is 5.63 Å². The van der Waals surface area contributed by atoms with Crippen LogP contribution in [0.5, 0.6) is 5.75 Å². The first-order chi connectivity index (χ1) is 17.3. The van der Waals surface area contributed by atoms with E-state index >= 15 is 0 Å². The molecule has 4 rings (SSSR count). The molecule has 1 aromatic carbocycles. The topological polar surface area (TPSA) is 109 Å². The van der Waals surface area contributed by atoms with E-state index in [9.17, 15) is 19.5 Å². The molecule has 2 atom stereocenters. The zero-order valence-electron chi connectivity index (χ0n) is 21.4. The summed E-state index contributed by atoms with van der Waals surface area (Å²) in [6.07, 6.45) is 7.31. The average molecular weight is 499 g/mol. The quantitative estimate of drug-likeness (QED) is 0.405. The Morgan fingerprint density at radius 2 is 2.11 bits per heavy atom. The lowest BCUT2D eigenvalue weighted by Crippen LogP contribution is -2.54. The third-order valence-corrected chi connectivity index (χ3v) is 7.74. The molecule has 2 N–H and O–H groups in total. The van der Waals surface area contributed by atoms with Crippen molar-refractivity contribution in [3.8, 4) is 5.75 Å². The summed E-state index contributed by atoms with van der Waals surface area (Å²) in [5, 5.41) is 14.5. The Kier molecular flexibility index (Phi) is 8.34. The summed E-state index contributed by atoms with van der Waals surface area (Å²) in [7, 11) is 0. The van der Waals surface area contributed by atoms with E-state index in [1.54, 1.807) is 6.07 Å². The predicted molar refractivity (Wildman–Crippen MR) is 137 cm³/mol. The highest BCUT2D eigenvalue weighted by Crippen LogP contribution is 2.39. The molecule has 1 saturated heterocycles. The number of amides is 2. The van der Waals surface area contributed by atoms with Crippen LogP contribution in [0.25, 0.3) is 11.0 Å². The van der Waals surface area contributed by atoms with Crippen LogP contribution in [0.2, 0.25) is 0 Å².